The highest BCUT2D eigenvalue weighted by Crippen LogP contribution is 2.21. The maximum atomic E-state index is 12.5. The van der Waals surface area contributed by atoms with Crippen LogP contribution in [0.2, 0.25) is 0 Å². The monoisotopic (exact) mass is 278 g/mol. The minimum Gasteiger partial charge on any atom is -0.322 e. The molecule has 3 aromatic rings. The number of amides is 1. The molecule has 0 aliphatic carbocycles. The van der Waals surface area contributed by atoms with Crippen LogP contribution in [0.3, 0.4) is 0 Å². The van der Waals surface area contributed by atoms with Gasteiger partial charge in [-0.15, -0.1) is 0 Å². The van der Waals surface area contributed by atoms with Crippen molar-refractivity contribution in [1.82, 2.24) is 4.98 Å². The van der Waals surface area contributed by atoms with Crippen LogP contribution in [-0.4, -0.2) is 10.9 Å². The molecule has 3 rings (SSSR count). The van der Waals surface area contributed by atoms with E-state index in [0.717, 1.165) is 11.1 Å². The molecule has 5 heteroatoms. The van der Waals surface area contributed by atoms with Crippen LogP contribution in [0.5, 0.6) is 0 Å². The number of rotatable bonds is 3. The average Bonchev–Trinajstić information content (AvgIpc) is 2.54. The normalized spacial score (nSPS) is 10.3. The van der Waals surface area contributed by atoms with E-state index >= 15 is 0 Å². The van der Waals surface area contributed by atoms with Crippen molar-refractivity contribution in [1.29, 1.82) is 0 Å². The number of fused-ring (bicyclic) bond motifs is 1. The number of hydrogen-bond acceptors (Lipinski definition) is 4. The lowest BCUT2D eigenvalue weighted by molar-refractivity contribution is 0.102. The van der Waals surface area contributed by atoms with Gasteiger partial charge in [-0.05, 0) is 24.3 Å². The van der Waals surface area contributed by atoms with Gasteiger partial charge in [0.15, 0.2) is 0 Å². The summed E-state index contributed by atoms with van der Waals surface area (Å²) in [6, 6.07) is 18.4. The lowest BCUT2D eigenvalue weighted by atomic mass is 10.1. The first-order valence-corrected chi connectivity index (χ1v) is 6.51. The number of nitrogen functional groups attached to an aromatic ring is 1. The fourth-order valence-corrected chi connectivity index (χ4v) is 2.16. The number of nitrogens with one attached hydrogen (secondary N) is 2. The Morgan fingerprint density at radius 1 is 1.00 bits per heavy atom. The zero-order valence-electron chi connectivity index (χ0n) is 11.2. The summed E-state index contributed by atoms with van der Waals surface area (Å²) in [7, 11) is 0. The van der Waals surface area contributed by atoms with E-state index in [-0.39, 0.29) is 5.91 Å². The number of para-hydroxylation sites is 2. The molecule has 2 aromatic carbocycles. The Kier molecular flexibility index (Phi) is 3.49. The Morgan fingerprint density at radius 2 is 1.71 bits per heavy atom. The molecule has 0 radical (unpaired) electrons. The number of hydrazine groups is 1. The van der Waals surface area contributed by atoms with Gasteiger partial charge in [0.05, 0.1) is 11.1 Å². The summed E-state index contributed by atoms with van der Waals surface area (Å²) in [5, 5.41) is 3.65. The van der Waals surface area contributed by atoms with E-state index in [1.165, 1.54) is 0 Å². The van der Waals surface area contributed by atoms with E-state index in [1.54, 1.807) is 6.07 Å². The molecule has 0 saturated heterocycles. The molecule has 1 aromatic heterocycles. The van der Waals surface area contributed by atoms with Crippen molar-refractivity contribution in [2.24, 2.45) is 5.84 Å². The van der Waals surface area contributed by atoms with Crippen molar-refractivity contribution in [2.45, 2.75) is 0 Å². The van der Waals surface area contributed by atoms with E-state index < -0.39 is 0 Å². The summed E-state index contributed by atoms with van der Waals surface area (Å²) in [5.74, 6) is 5.67. The number of nitrogens with zero attached hydrogens (tertiary/aromatic N) is 1. The first-order valence-electron chi connectivity index (χ1n) is 6.51. The predicted molar refractivity (Wildman–Crippen MR) is 83.9 cm³/mol. The predicted octanol–water partition coefficient (Wildman–Crippen LogP) is 2.77. The van der Waals surface area contributed by atoms with Crippen molar-refractivity contribution in [3.63, 3.8) is 0 Å². The second kappa shape index (κ2) is 5.60. The van der Waals surface area contributed by atoms with Gasteiger partial charge in [-0.1, -0.05) is 36.4 Å². The number of carbonyl (C=O) groups is 1. The number of anilines is 2. The fourth-order valence-electron chi connectivity index (χ4n) is 2.16. The fraction of sp³-hybridized carbons (Fsp3) is 0. The van der Waals surface area contributed by atoms with Gasteiger partial charge in [-0.3, -0.25) is 4.79 Å². The van der Waals surface area contributed by atoms with Crippen molar-refractivity contribution in [3.8, 4) is 0 Å². The van der Waals surface area contributed by atoms with Gasteiger partial charge < -0.3 is 10.7 Å². The quantitative estimate of drug-likeness (QED) is 0.508. The van der Waals surface area contributed by atoms with E-state index in [1.807, 2.05) is 54.6 Å². The third-order valence-electron chi connectivity index (χ3n) is 3.14. The summed E-state index contributed by atoms with van der Waals surface area (Å²) >= 11 is 0. The molecule has 5 nitrogen and oxygen atoms in total. The van der Waals surface area contributed by atoms with Crippen LogP contribution in [0.1, 0.15) is 10.4 Å². The summed E-state index contributed by atoms with van der Waals surface area (Å²) < 4.78 is 0. The second-order valence-corrected chi connectivity index (χ2v) is 4.54. The highest BCUT2D eigenvalue weighted by atomic mass is 16.1. The highest BCUT2D eigenvalue weighted by molar-refractivity contribution is 6.12. The van der Waals surface area contributed by atoms with Crippen LogP contribution in [0.4, 0.5) is 11.5 Å². The Morgan fingerprint density at radius 3 is 2.48 bits per heavy atom. The molecule has 0 saturated carbocycles. The molecule has 1 heterocycles. The van der Waals surface area contributed by atoms with Crippen LogP contribution < -0.4 is 16.6 Å². The lowest BCUT2D eigenvalue weighted by Gasteiger charge is -2.10. The Hall–Kier alpha value is -2.92. The summed E-state index contributed by atoms with van der Waals surface area (Å²) in [6.45, 7) is 0. The Bertz CT molecular complexity index is 787. The van der Waals surface area contributed by atoms with Gasteiger partial charge in [-0.25, -0.2) is 10.8 Å². The topological polar surface area (TPSA) is 80.0 Å². The number of hydrogen-bond donors (Lipinski definition) is 3. The van der Waals surface area contributed by atoms with Crippen molar-refractivity contribution in [2.75, 3.05) is 10.7 Å². The zero-order valence-corrected chi connectivity index (χ0v) is 11.2. The van der Waals surface area contributed by atoms with E-state index in [0.29, 0.717) is 16.9 Å². The number of pyridine rings is 1. The zero-order chi connectivity index (χ0) is 14.7. The summed E-state index contributed by atoms with van der Waals surface area (Å²) in [6.07, 6.45) is 0. The maximum Gasteiger partial charge on any atom is 0.256 e. The highest BCUT2D eigenvalue weighted by Gasteiger charge is 2.12. The van der Waals surface area contributed by atoms with Crippen molar-refractivity contribution < 1.29 is 4.79 Å². The number of carbonyl (C=O) groups excluding carboxylic acids is 1. The van der Waals surface area contributed by atoms with Gasteiger partial charge in [0.25, 0.3) is 5.91 Å². The molecule has 0 aliphatic rings. The summed E-state index contributed by atoms with van der Waals surface area (Å²) in [4.78, 5) is 16.8. The standard InChI is InChI=1S/C16H14N4O/c17-20-15-10-13(12-8-4-5-9-14(12)19-15)16(21)18-11-6-2-1-3-7-11/h1-10H,17H2,(H,18,21)(H,19,20). The molecule has 0 bridgehead atoms. The first kappa shape index (κ1) is 13.1. The lowest BCUT2D eigenvalue weighted by Crippen LogP contribution is -2.15. The minimum absolute atomic E-state index is 0.198. The molecule has 21 heavy (non-hydrogen) atoms. The maximum absolute atomic E-state index is 12.5. The SMILES string of the molecule is NNc1cc(C(=O)Nc2ccccc2)c2ccccc2n1. The molecular weight excluding hydrogens is 264 g/mol. The Balaban J connectivity index is 2.04. The average molecular weight is 278 g/mol. The number of benzene rings is 2. The van der Waals surface area contributed by atoms with Crippen molar-refractivity contribution in [3.05, 3.63) is 66.2 Å². The van der Waals surface area contributed by atoms with E-state index in [4.69, 9.17) is 5.84 Å². The molecule has 0 atom stereocenters. The van der Waals surface area contributed by atoms with E-state index in [9.17, 15) is 4.79 Å². The smallest absolute Gasteiger partial charge is 0.256 e. The van der Waals surface area contributed by atoms with Crippen LogP contribution in [-0.2, 0) is 0 Å². The molecule has 0 fully saturated rings. The van der Waals surface area contributed by atoms with Gasteiger partial charge in [0.2, 0.25) is 0 Å². The van der Waals surface area contributed by atoms with Gasteiger partial charge in [0, 0.05) is 11.1 Å². The van der Waals surface area contributed by atoms with Gasteiger partial charge in [-0.2, -0.15) is 0 Å². The van der Waals surface area contributed by atoms with Crippen LogP contribution >= 0.6 is 0 Å². The van der Waals surface area contributed by atoms with Gasteiger partial charge >= 0.3 is 0 Å². The Labute approximate surface area is 121 Å². The molecule has 0 spiro atoms. The van der Waals surface area contributed by atoms with Gasteiger partial charge in [0.1, 0.15) is 5.82 Å². The van der Waals surface area contributed by atoms with Crippen LogP contribution in [0.15, 0.2) is 60.7 Å². The molecule has 0 aliphatic heterocycles. The van der Waals surface area contributed by atoms with E-state index in [2.05, 4.69) is 15.7 Å². The molecular formula is C16H14N4O. The second-order valence-electron chi connectivity index (χ2n) is 4.54. The van der Waals surface area contributed by atoms with Crippen molar-refractivity contribution >= 4 is 28.3 Å². The largest absolute Gasteiger partial charge is 0.322 e. The van der Waals surface area contributed by atoms with Crippen LogP contribution in [0.25, 0.3) is 10.9 Å². The number of nitrogens with two attached hydrogens (primary N) is 1. The third-order valence-corrected chi connectivity index (χ3v) is 3.14. The summed E-state index contributed by atoms with van der Waals surface area (Å²) in [5.41, 5.74) is 4.47. The molecule has 1 amide bonds. The minimum atomic E-state index is -0.198. The first-order chi connectivity index (χ1) is 10.3. The molecule has 104 valence electrons. The molecule has 0 unspecified atom stereocenters. The third kappa shape index (κ3) is 2.68. The number of aromatic nitrogens is 1. The van der Waals surface area contributed by atoms with Crippen LogP contribution in [0, 0.1) is 0 Å². The molecule has 4 N–H and O–H groups in total.